The summed E-state index contributed by atoms with van der Waals surface area (Å²) in [7, 11) is -4.05. The lowest BCUT2D eigenvalue weighted by Crippen LogP contribution is -2.42. The molecule has 1 amide bonds. The van der Waals surface area contributed by atoms with Gasteiger partial charge in [-0.25, -0.2) is 8.42 Å². The van der Waals surface area contributed by atoms with Gasteiger partial charge in [0.1, 0.15) is 0 Å². The Kier molecular flexibility index (Phi) is 6.94. The third kappa shape index (κ3) is 5.40. The second-order valence-corrected chi connectivity index (χ2v) is 9.47. The van der Waals surface area contributed by atoms with Gasteiger partial charge in [-0.05, 0) is 36.6 Å². The molecule has 0 spiro atoms. The standard InChI is InChI=1S/C21H26N4O5S/c1-14(21(23)27)12-25(13-16(26)8-7-15-5-3-2-4-6-15)31(28,29)17-9-10-19-18(11-17)20(22)24-30-19/h2-6,9-11,14,16,26H,7-8,12-13H2,1H3,(H2,22,24)(H2,23,27). The molecule has 0 aliphatic carbocycles. The summed E-state index contributed by atoms with van der Waals surface area (Å²) < 4.78 is 32.8. The van der Waals surface area contributed by atoms with Gasteiger partial charge in [-0.1, -0.05) is 42.4 Å². The summed E-state index contributed by atoms with van der Waals surface area (Å²) in [6.07, 6.45) is 0.0164. The van der Waals surface area contributed by atoms with Crippen molar-refractivity contribution < 1.29 is 22.8 Å². The predicted molar refractivity (Wildman–Crippen MR) is 116 cm³/mol. The Hall–Kier alpha value is -2.95. The molecule has 3 aromatic rings. The fraction of sp³-hybridized carbons (Fsp3) is 0.333. The van der Waals surface area contributed by atoms with E-state index in [9.17, 15) is 18.3 Å². The summed E-state index contributed by atoms with van der Waals surface area (Å²) in [6.45, 7) is 1.21. The normalized spacial score (nSPS) is 14.0. The number of aromatic nitrogens is 1. The first kappa shape index (κ1) is 22.7. The molecule has 1 heterocycles. The second-order valence-electron chi connectivity index (χ2n) is 7.53. The SMILES string of the molecule is CC(CN(CC(O)CCc1ccccc1)S(=O)(=O)c1ccc2onc(N)c2c1)C(N)=O. The molecule has 2 atom stereocenters. The molecule has 166 valence electrons. The van der Waals surface area contributed by atoms with Crippen LogP contribution in [0.4, 0.5) is 5.82 Å². The maximum Gasteiger partial charge on any atom is 0.243 e. The van der Waals surface area contributed by atoms with Crippen LogP contribution in [0.5, 0.6) is 0 Å². The molecule has 0 fully saturated rings. The number of anilines is 1. The summed E-state index contributed by atoms with van der Waals surface area (Å²) in [5.74, 6) is -1.29. The van der Waals surface area contributed by atoms with E-state index in [4.69, 9.17) is 16.0 Å². The Morgan fingerprint density at radius 1 is 1.19 bits per heavy atom. The van der Waals surface area contributed by atoms with Crippen LogP contribution in [-0.4, -0.2) is 48.1 Å². The molecule has 2 unspecified atom stereocenters. The maximum absolute atomic E-state index is 13.3. The summed E-state index contributed by atoms with van der Waals surface area (Å²) in [6, 6.07) is 13.8. The summed E-state index contributed by atoms with van der Waals surface area (Å²) >= 11 is 0. The van der Waals surface area contributed by atoms with Crippen molar-refractivity contribution >= 4 is 32.7 Å². The molecule has 0 aliphatic heterocycles. The van der Waals surface area contributed by atoms with E-state index in [0.29, 0.717) is 23.8 Å². The van der Waals surface area contributed by atoms with Crippen molar-refractivity contribution in [1.29, 1.82) is 0 Å². The summed E-state index contributed by atoms with van der Waals surface area (Å²) in [4.78, 5) is 11.5. The Morgan fingerprint density at radius 2 is 1.90 bits per heavy atom. The Balaban J connectivity index is 1.83. The van der Waals surface area contributed by atoms with Gasteiger partial charge in [-0.15, -0.1) is 0 Å². The minimum Gasteiger partial charge on any atom is -0.392 e. The lowest BCUT2D eigenvalue weighted by atomic mass is 10.1. The molecule has 31 heavy (non-hydrogen) atoms. The molecule has 0 aliphatic rings. The van der Waals surface area contributed by atoms with Crippen molar-refractivity contribution in [2.75, 3.05) is 18.8 Å². The number of nitrogen functional groups attached to an aromatic ring is 1. The quantitative estimate of drug-likeness (QED) is 0.427. The van der Waals surface area contributed by atoms with Gasteiger partial charge in [0.2, 0.25) is 15.9 Å². The fourth-order valence-corrected chi connectivity index (χ4v) is 4.81. The highest BCUT2D eigenvalue weighted by Crippen LogP contribution is 2.26. The molecule has 0 saturated heterocycles. The largest absolute Gasteiger partial charge is 0.392 e. The average Bonchev–Trinajstić information content (AvgIpc) is 3.12. The predicted octanol–water partition coefficient (Wildman–Crippen LogP) is 1.52. The van der Waals surface area contributed by atoms with Gasteiger partial charge in [0.05, 0.1) is 16.4 Å². The van der Waals surface area contributed by atoms with E-state index < -0.39 is 28.0 Å². The van der Waals surface area contributed by atoms with Crippen LogP contribution < -0.4 is 11.5 Å². The van der Waals surface area contributed by atoms with Gasteiger partial charge in [0.15, 0.2) is 11.4 Å². The molecule has 5 N–H and O–H groups in total. The highest BCUT2D eigenvalue weighted by Gasteiger charge is 2.30. The summed E-state index contributed by atoms with van der Waals surface area (Å²) in [5.41, 5.74) is 12.5. The van der Waals surface area contributed by atoms with E-state index >= 15 is 0 Å². The number of hydrogen-bond acceptors (Lipinski definition) is 7. The number of amides is 1. The van der Waals surface area contributed by atoms with E-state index in [1.165, 1.54) is 18.2 Å². The Morgan fingerprint density at radius 3 is 2.58 bits per heavy atom. The van der Waals surface area contributed by atoms with E-state index in [1.54, 1.807) is 6.92 Å². The van der Waals surface area contributed by atoms with Crippen LogP contribution in [0.25, 0.3) is 11.0 Å². The van der Waals surface area contributed by atoms with Crippen LogP contribution in [0.15, 0.2) is 57.9 Å². The van der Waals surface area contributed by atoms with Crippen molar-refractivity contribution in [1.82, 2.24) is 9.46 Å². The van der Waals surface area contributed by atoms with Crippen LogP contribution in [0.1, 0.15) is 18.9 Å². The van der Waals surface area contributed by atoms with E-state index in [1.807, 2.05) is 30.3 Å². The number of aliphatic hydroxyl groups is 1. The van der Waals surface area contributed by atoms with Crippen LogP contribution in [0.2, 0.25) is 0 Å². The Labute approximate surface area is 180 Å². The van der Waals surface area contributed by atoms with Gasteiger partial charge in [-0.3, -0.25) is 4.79 Å². The van der Waals surface area contributed by atoms with E-state index in [2.05, 4.69) is 5.16 Å². The molecule has 0 radical (unpaired) electrons. The molecule has 9 nitrogen and oxygen atoms in total. The summed E-state index contributed by atoms with van der Waals surface area (Å²) in [5, 5.41) is 14.6. The van der Waals surface area contributed by atoms with Crippen molar-refractivity contribution in [3.05, 3.63) is 54.1 Å². The minimum atomic E-state index is -4.05. The highest BCUT2D eigenvalue weighted by molar-refractivity contribution is 7.89. The molecule has 0 saturated carbocycles. The van der Waals surface area contributed by atoms with Gasteiger partial charge < -0.3 is 21.1 Å². The van der Waals surface area contributed by atoms with Crippen LogP contribution in [0, 0.1) is 5.92 Å². The van der Waals surface area contributed by atoms with E-state index in [0.717, 1.165) is 9.87 Å². The van der Waals surface area contributed by atoms with Gasteiger partial charge >= 0.3 is 0 Å². The van der Waals surface area contributed by atoms with Gasteiger partial charge in [0.25, 0.3) is 0 Å². The fourth-order valence-electron chi connectivity index (χ4n) is 3.22. The smallest absolute Gasteiger partial charge is 0.243 e. The van der Waals surface area contributed by atoms with Crippen molar-refractivity contribution in [2.45, 2.75) is 30.8 Å². The number of nitrogens with zero attached hydrogens (tertiary/aromatic N) is 2. The van der Waals surface area contributed by atoms with Crippen molar-refractivity contribution in [2.24, 2.45) is 11.7 Å². The molecule has 0 bridgehead atoms. The Bertz CT molecular complexity index is 1150. The first-order valence-corrected chi connectivity index (χ1v) is 11.3. The number of carbonyl (C=O) groups is 1. The zero-order valence-electron chi connectivity index (χ0n) is 17.1. The number of sulfonamides is 1. The average molecular weight is 447 g/mol. The van der Waals surface area contributed by atoms with Crippen LogP contribution in [0.3, 0.4) is 0 Å². The zero-order chi connectivity index (χ0) is 22.6. The third-order valence-electron chi connectivity index (χ3n) is 5.09. The highest BCUT2D eigenvalue weighted by atomic mass is 32.2. The van der Waals surface area contributed by atoms with Crippen LogP contribution >= 0.6 is 0 Å². The number of hydrogen-bond donors (Lipinski definition) is 3. The molecule has 1 aromatic heterocycles. The number of aryl methyl sites for hydroxylation is 1. The molecular formula is C21H26N4O5S. The topological polar surface area (TPSA) is 153 Å². The second kappa shape index (κ2) is 9.46. The lowest BCUT2D eigenvalue weighted by Gasteiger charge is -2.26. The molecule has 10 heteroatoms. The number of fused-ring (bicyclic) bond motifs is 1. The van der Waals surface area contributed by atoms with Gasteiger partial charge in [0, 0.05) is 19.0 Å². The van der Waals surface area contributed by atoms with Crippen LogP contribution in [-0.2, 0) is 21.2 Å². The molecule has 2 aromatic carbocycles. The monoisotopic (exact) mass is 446 g/mol. The maximum atomic E-state index is 13.3. The molecule has 3 rings (SSSR count). The first-order chi connectivity index (χ1) is 14.7. The minimum absolute atomic E-state index is 0.0400. The number of aliphatic hydroxyl groups excluding tert-OH is 1. The number of nitrogens with two attached hydrogens (primary N) is 2. The van der Waals surface area contributed by atoms with Crippen molar-refractivity contribution in [3.8, 4) is 0 Å². The van der Waals surface area contributed by atoms with E-state index in [-0.39, 0.29) is 23.8 Å². The number of carbonyl (C=O) groups excluding carboxylic acids is 1. The van der Waals surface area contributed by atoms with Gasteiger partial charge in [-0.2, -0.15) is 4.31 Å². The zero-order valence-corrected chi connectivity index (χ0v) is 18.0. The number of benzene rings is 2. The first-order valence-electron chi connectivity index (χ1n) is 9.85. The lowest BCUT2D eigenvalue weighted by molar-refractivity contribution is -0.121. The van der Waals surface area contributed by atoms with Crippen molar-refractivity contribution in [3.63, 3.8) is 0 Å². The number of primary amides is 1. The molecular weight excluding hydrogens is 420 g/mol. The third-order valence-corrected chi connectivity index (χ3v) is 6.92. The number of rotatable bonds is 10.